The van der Waals surface area contributed by atoms with Crippen LogP contribution in [0.3, 0.4) is 0 Å². The Bertz CT molecular complexity index is 460. The average Bonchev–Trinajstić information content (AvgIpc) is 2.45. The van der Waals surface area contributed by atoms with E-state index < -0.39 is 0 Å². The number of hydrogen-bond donors (Lipinski definition) is 2. The lowest BCUT2D eigenvalue weighted by Crippen LogP contribution is -2.40. The highest BCUT2D eigenvalue weighted by Crippen LogP contribution is 2.41. The minimum atomic E-state index is -0.0642. The van der Waals surface area contributed by atoms with E-state index in [1.54, 1.807) is 0 Å². The molecule has 1 saturated carbocycles. The molecular formula is C18H27NO. The molecule has 0 amide bonds. The molecule has 0 saturated heterocycles. The van der Waals surface area contributed by atoms with Gasteiger partial charge in [0, 0.05) is 12.1 Å². The molecule has 1 atom stereocenters. The second kappa shape index (κ2) is 5.50. The van der Waals surface area contributed by atoms with Crippen molar-refractivity contribution in [3.8, 4) is 0 Å². The molecule has 2 nitrogen and oxygen atoms in total. The molecule has 0 spiro atoms. The summed E-state index contributed by atoms with van der Waals surface area (Å²) in [5.41, 5.74) is 3.31. The number of aliphatic hydroxyl groups is 1. The van der Waals surface area contributed by atoms with Crippen LogP contribution in [0.2, 0.25) is 0 Å². The zero-order chi connectivity index (χ0) is 14.2. The molecule has 0 aliphatic heterocycles. The van der Waals surface area contributed by atoms with E-state index in [-0.39, 0.29) is 6.10 Å². The van der Waals surface area contributed by atoms with Crippen LogP contribution in [0, 0.1) is 0 Å². The normalized spacial score (nSPS) is 32.6. The summed E-state index contributed by atoms with van der Waals surface area (Å²) in [6.45, 7) is 4.72. The predicted octanol–water partition coefficient (Wildman–Crippen LogP) is 3.69. The van der Waals surface area contributed by atoms with Crippen molar-refractivity contribution in [1.82, 2.24) is 5.32 Å². The Morgan fingerprint density at radius 1 is 1.05 bits per heavy atom. The van der Waals surface area contributed by atoms with Crippen LogP contribution in [-0.4, -0.2) is 17.3 Å². The van der Waals surface area contributed by atoms with Gasteiger partial charge in [-0.15, -0.1) is 0 Å². The molecule has 0 bridgehead atoms. The van der Waals surface area contributed by atoms with Crippen LogP contribution in [0.15, 0.2) is 24.3 Å². The number of rotatable bonds is 2. The molecule has 2 aliphatic rings. The Morgan fingerprint density at radius 2 is 1.75 bits per heavy atom. The zero-order valence-electron chi connectivity index (χ0n) is 12.7. The van der Waals surface area contributed by atoms with E-state index in [9.17, 15) is 5.11 Å². The molecule has 2 heteroatoms. The van der Waals surface area contributed by atoms with E-state index in [1.807, 2.05) is 0 Å². The third-order valence-electron chi connectivity index (χ3n) is 5.26. The Hall–Kier alpha value is -0.860. The molecule has 1 aromatic rings. The summed E-state index contributed by atoms with van der Waals surface area (Å²) >= 11 is 0. The number of hydrogen-bond acceptors (Lipinski definition) is 2. The van der Waals surface area contributed by atoms with Crippen molar-refractivity contribution in [2.45, 2.75) is 76.0 Å². The van der Waals surface area contributed by atoms with Crippen molar-refractivity contribution in [1.29, 1.82) is 0 Å². The van der Waals surface area contributed by atoms with E-state index in [2.05, 4.69) is 43.4 Å². The van der Waals surface area contributed by atoms with E-state index in [4.69, 9.17) is 0 Å². The Labute approximate surface area is 122 Å². The average molecular weight is 273 g/mol. The molecule has 3 rings (SSSR count). The first-order valence-corrected chi connectivity index (χ1v) is 8.10. The standard InChI is InChI=1S/C18H27NO/c1-18(2)12-11-17(15-5-3-4-6-16(15)18)19-13-7-9-14(20)10-8-13/h3-6,13-14,17,19-20H,7-12H2,1-2H3. The SMILES string of the molecule is CC1(C)CCC(NC2CCC(O)CC2)c2ccccc21. The largest absolute Gasteiger partial charge is 0.393 e. The van der Waals surface area contributed by atoms with Crippen molar-refractivity contribution < 1.29 is 5.11 Å². The van der Waals surface area contributed by atoms with Crippen LogP contribution in [0.1, 0.15) is 69.5 Å². The van der Waals surface area contributed by atoms with Gasteiger partial charge >= 0.3 is 0 Å². The van der Waals surface area contributed by atoms with Gasteiger partial charge in [0.05, 0.1) is 6.10 Å². The van der Waals surface area contributed by atoms with Crippen LogP contribution < -0.4 is 5.32 Å². The highest BCUT2D eigenvalue weighted by molar-refractivity contribution is 5.38. The molecule has 0 radical (unpaired) electrons. The third kappa shape index (κ3) is 2.77. The highest BCUT2D eigenvalue weighted by Gasteiger charge is 2.33. The predicted molar refractivity (Wildman–Crippen MR) is 82.8 cm³/mol. The van der Waals surface area contributed by atoms with Gasteiger partial charge in [-0.25, -0.2) is 0 Å². The fourth-order valence-electron chi connectivity index (χ4n) is 3.91. The van der Waals surface area contributed by atoms with Crippen LogP contribution in [-0.2, 0) is 5.41 Å². The smallest absolute Gasteiger partial charge is 0.0541 e. The summed E-state index contributed by atoms with van der Waals surface area (Å²) in [6, 6.07) is 10.0. The Morgan fingerprint density at radius 3 is 2.50 bits per heavy atom. The van der Waals surface area contributed by atoms with Crippen LogP contribution >= 0.6 is 0 Å². The molecule has 110 valence electrons. The molecule has 0 heterocycles. The van der Waals surface area contributed by atoms with E-state index in [1.165, 1.54) is 24.0 Å². The zero-order valence-corrected chi connectivity index (χ0v) is 12.7. The summed E-state index contributed by atoms with van der Waals surface area (Å²) in [5, 5.41) is 13.5. The molecular weight excluding hydrogens is 246 g/mol. The summed E-state index contributed by atoms with van der Waals surface area (Å²) in [4.78, 5) is 0. The topological polar surface area (TPSA) is 32.3 Å². The monoisotopic (exact) mass is 273 g/mol. The lowest BCUT2D eigenvalue weighted by molar-refractivity contribution is 0.113. The van der Waals surface area contributed by atoms with E-state index >= 15 is 0 Å². The van der Waals surface area contributed by atoms with Gasteiger partial charge in [0.15, 0.2) is 0 Å². The van der Waals surface area contributed by atoms with Gasteiger partial charge in [0.2, 0.25) is 0 Å². The van der Waals surface area contributed by atoms with Gasteiger partial charge in [-0.2, -0.15) is 0 Å². The number of aliphatic hydroxyl groups excluding tert-OH is 1. The molecule has 0 aromatic heterocycles. The van der Waals surface area contributed by atoms with Crippen molar-refractivity contribution in [3.63, 3.8) is 0 Å². The maximum absolute atomic E-state index is 9.63. The molecule has 1 unspecified atom stereocenters. The van der Waals surface area contributed by atoms with Crippen LogP contribution in [0.4, 0.5) is 0 Å². The minimum absolute atomic E-state index is 0.0642. The second-order valence-electron chi connectivity index (χ2n) is 7.23. The number of fused-ring (bicyclic) bond motifs is 1. The van der Waals surface area contributed by atoms with Crippen molar-refractivity contribution in [2.75, 3.05) is 0 Å². The molecule has 2 N–H and O–H groups in total. The first kappa shape index (κ1) is 14.1. The van der Waals surface area contributed by atoms with Crippen molar-refractivity contribution >= 4 is 0 Å². The summed E-state index contributed by atoms with van der Waals surface area (Å²) < 4.78 is 0. The highest BCUT2D eigenvalue weighted by atomic mass is 16.3. The first-order chi connectivity index (χ1) is 9.56. The van der Waals surface area contributed by atoms with Crippen LogP contribution in [0.25, 0.3) is 0 Å². The van der Waals surface area contributed by atoms with Gasteiger partial charge in [-0.1, -0.05) is 38.1 Å². The van der Waals surface area contributed by atoms with Gasteiger partial charge in [-0.05, 0) is 55.1 Å². The lowest BCUT2D eigenvalue weighted by atomic mass is 9.71. The van der Waals surface area contributed by atoms with Gasteiger partial charge in [0.1, 0.15) is 0 Å². The second-order valence-corrected chi connectivity index (χ2v) is 7.23. The minimum Gasteiger partial charge on any atom is -0.393 e. The Balaban J connectivity index is 1.75. The summed E-state index contributed by atoms with van der Waals surface area (Å²) in [6.07, 6.45) is 6.55. The fourth-order valence-corrected chi connectivity index (χ4v) is 3.91. The van der Waals surface area contributed by atoms with Crippen molar-refractivity contribution in [2.24, 2.45) is 0 Å². The number of nitrogens with one attached hydrogen (secondary N) is 1. The van der Waals surface area contributed by atoms with Gasteiger partial charge in [0.25, 0.3) is 0 Å². The Kier molecular flexibility index (Phi) is 3.87. The molecule has 20 heavy (non-hydrogen) atoms. The number of benzene rings is 1. The molecule has 1 aromatic carbocycles. The first-order valence-electron chi connectivity index (χ1n) is 8.10. The summed E-state index contributed by atoms with van der Waals surface area (Å²) in [5.74, 6) is 0. The lowest BCUT2D eigenvalue weighted by Gasteiger charge is -2.39. The maximum Gasteiger partial charge on any atom is 0.0541 e. The fraction of sp³-hybridized carbons (Fsp3) is 0.667. The third-order valence-corrected chi connectivity index (χ3v) is 5.26. The van der Waals surface area contributed by atoms with Gasteiger partial charge < -0.3 is 10.4 Å². The van der Waals surface area contributed by atoms with Crippen LogP contribution in [0.5, 0.6) is 0 Å². The molecule has 1 fully saturated rings. The molecule has 2 aliphatic carbocycles. The quantitative estimate of drug-likeness (QED) is 0.861. The summed E-state index contributed by atoms with van der Waals surface area (Å²) in [7, 11) is 0. The van der Waals surface area contributed by atoms with Crippen molar-refractivity contribution in [3.05, 3.63) is 35.4 Å². The van der Waals surface area contributed by atoms with Gasteiger partial charge in [-0.3, -0.25) is 0 Å². The maximum atomic E-state index is 9.63. The van der Waals surface area contributed by atoms with E-state index in [0.717, 1.165) is 25.7 Å². The van der Waals surface area contributed by atoms with E-state index in [0.29, 0.717) is 17.5 Å².